The summed E-state index contributed by atoms with van der Waals surface area (Å²) >= 11 is 0. The fourth-order valence-corrected chi connectivity index (χ4v) is 1.83. The maximum Gasteiger partial charge on any atom is 0.334 e. The van der Waals surface area contributed by atoms with Gasteiger partial charge in [0.1, 0.15) is 5.82 Å². The molecule has 1 N–H and O–H groups in total. The van der Waals surface area contributed by atoms with E-state index in [1.54, 1.807) is 6.07 Å². The molecule has 1 saturated heterocycles. The molecule has 2 rings (SSSR count). The van der Waals surface area contributed by atoms with Crippen LogP contribution >= 0.6 is 0 Å². The number of aromatic nitrogens is 1. The molecule has 0 atom stereocenters. The van der Waals surface area contributed by atoms with Gasteiger partial charge >= 0.3 is 11.2 Å². The number of nitrogens with zero attached hydrogens (tertiary/aromatic N) is 3. The van der Waals surface area contributed by atoms with E-state index in [0.717, 1.165) is 26.2 Å². The molecule has 0 bridgehead atoms. The highest BCUT2D eigenvalue weighted by molar-refractivity contribution is 5.43. The highest BCUT2D eigenvalue weighted by Crippen LogP contribution is 2.13. The van der Waals surface area contributed by atoms with Crippen molar-refractivity contribution < 1.29 is 4.92 Å². The van der Waals surface area contributed by atoms with E-state index in [9.17, 15) is 14.9 Å². The predicted octanol–water partition coefficient (Wildman–Crippen LogP) is 0.0349. The molecule has 7 heteroatoms. The Kier molecular flexibility index (Phi) is 3.10. The summed E-state index contributed by atoms with van der Waals surface area (Å²) in [6.07, 6.45) is 0. The summed E-state index contributed by atoms with van der Waals surface area (Å²) in [5.41, 5.74) is -1.06. The standard InChI is InChI=1S/C10H14N4O3/c1-12-4-6-13(7-5-12)9-3-2-8(14(16)17)10(15)11-9/h2-3H,4-7H2,1H3,(H,11,15). The number of likely N-dealkylation sites (N-methyl/N-ethyl adjacent to an activating group) is 1. The molecule has 7 nitrogen and oxygen atoms in total. The molecule has 0 aromatic carbocycles. The van der Waals surface area contributed by atoms with E-state index in [2.05, 4.69) is 9.88 Å². The van der Waals surface area contributed by atoms with E-state index in [0.29, 0.717) is 5.82 Å². The van der Waals surface area contributed by atoms with Crippen LogP contribution in [0.5, 0.6) is 0 Å². The first-order valence-electron chi connectivity index (χ1n) is 5.39. The van der Waals surface area contributed by atoms with Gasteiger partial charge in [0, 0.05) is 32.2 Å². The van der Waals surface area contributed by atoms with Crippen molar-refractivity contribution in [3.8, 4) is 0 Å². The topological polar surface area (TPSA) is 82.5 Å². The maximum absolute atomic E-state index is 11.5. The molecule has 92 valence electrons. The minimum Gasteiger partial charge on any atom is -0.356 e. The van der Waals surface area contributed by atoms with Crippen LogP contribution in [-0.2, 0) is 0 Å². The molecular weight excluding hydrogens is 224 g/mol. The predicted molar refractivity (Wildman–Crippen MR) is 63.4 cm³/mol. The summed E-state index contributed by atoms with van der Waals surface area (Å²) in [6, 6.07) is 2.84. The van der Waals surface area contributed by atoms with Crippen LogP contribution < -0.4 is 10.5 Å². The molecule has 0 aliphatic carbocycles. The summed E-state index contributed by atoms with van der Waals surface area (Å²) in [4.78, 5) is 28.1. The summed E-state index contributed by atoms with van der Waals surface area (Å²) in [5.74, 6) is 0.647. The normalized spacial score (nSPS) is 17.1. The zero-order chi connectivity index (χ0) is 12.4. The number of nitro groups is 1. The largest absolute Gasteiger partial charge is 0.356 e. The fraction of sp³-hybridized carbons (Fsp3) is 0.500. The average Bonchev–Trinajstić information content (AvgIpc) is 2.29. The molecule has 1 aromatic rings. The van der Waals surface area contributed by atoms with Crippen molar-refractivity contribution in [3.63, 3.8) is 0 Å². The molecule has 0 amide bonds. The SMILES string of the molecule is CN1CCN(c2ccc([N+](=O)[O-])c(=O)[nH]2)CC1. The monoisotopic (exact) mass is 238 g/mol. The number of H-pyrrole nitrogens is 1. The first-order valence-corrected chi connectivity index (χ1v) is 5.39. The number of rotatable bonds is 2. The Morgan fingerprint density at radius 2 is 1.94 bits per heavy atom. The molecule has 0 unspecified atom stereocenters. The molecule has 1 aliphatic rings. The van der Waals surface area contributed by atoms with Crippen LogP contribution in [0.15, 0.2) is 16.9 Å². The Morgan fingerprint density at radius 3 is 2.47 bits per heavy atom. The minimum absolute atomic E-state index is 0.414. The Morgan fingerprint density at radius 1 is 1.29 bits per heavy atom. The van der Waals surface area contributed by atoms with E-state index in [1.165, 1.54) is 6.07 Å². The van der Waals surface area contributed by atoms with Crippen molar-refractivity contribution in [2.75, 3.05) is 38.1 Å². The van der Waals surface area contributed by atoms with Crippen LogP contribution in [-0.4, -0.2) is 48.0 Å². The number of pyridine rings is 1. The highest BCUT2D eigenvalue weighted by atomic mass is 16.6. The van der Waals surface area contributed by atoms with E-state index in [-0.39, 0.29) is 0 Å². The van der Waals surface area contributed by atoms with Gasteiger partial charge in [-0.2, -0.15) is 0 Å². The van der Waals surface area contributed by atoms with Gasteiger partial charge in [-0.25, -0.2) is 0 Å². The lowest BCUT2D eigenvalue weighted by Gasteiger charge is -2.33. The number of aromatic amines is 1. The van der Waals surface area contributed by atoms with Gasteiger partial charge in [0.05, 0.1) is 4.92 Å². The van der Waals surface area contributed by atoms with E-state index >= 15 is 0 Å². The van der Waals surface area contributed by atoms with Crippen molar-refractivity contribution in [1.82, 2.24) is 9.88 Å². The number of nitrogens with one attached hydrogen (secondary N) is 1. The quantitative estimate of drug-likeness (QED) is 0.581. The first kappa shape index (κ1) is 11.6. The second-order valence-electron chi connectivity index (χ2n) is 4.11. The van der Waals surface area contributed by atoms with Crippen LogP contribution in [0.2, 0.25) is 0 Å². The van der Waals surface area contributed by atoms with Crippen molar-refractivity contribution >= 4 is 11.5 Å². The maximum atomic E-state index is 11.5. The first-order chi connectivity index (χ1) is 8.08. The highest BCUT2D eigenvalue weighted by Gasteiger charge is 2.17. The Labute approximate surface area is 97.8 Å². The smallest absolute Gasteiger partial charge is 0.334 e. The lowest BCUT2D eigenvalue weighted by molar-refractivity contribution is -0.386. The van der Waals surface area contributed by atoms with Crippen LogP contribution in [0.1, 0.15) is 0 Å². The lowest BCUT2D eigenvalue weighted by Crippen LogP contribution is -2.45. The molecule has 1 fully saturated rings. The van der Waals surface area contributed by atoms with E-state index in [4.69, 9.17) is 0 Å². The molecule has 1 aromatic heterocycles. The van der Waals surface area contributed by atoms with Gasteiger partial charge < -0.3 is 14.8 Å². The second-order valence-corrected chi connectivity index (χ2v) is 4.11. The average molecular weight is 238 g/mol. The van der Waals surface area contributed by atoms with Crippen molar-refractivity contribution in [2.45, 2.75) is 0 Å². The van der Waals surface area contributed by atoms with Crippen molar-refractivity contribution in [3.05, 3.63) is 32.6 Å². The summed E-state index contributed by atoms with van der Waals surface area (Å²) in [6.45, 7) is 3.45. The zero-order valence-electron chi connectivity index (χ0n) is 9.55. The summed E-state index contributed by atoms with van der Waals surface area (Å²) in [7, 11) is 2.04. The number of hydrogen-bond acceptors (Lipinski definition) is 5. The van der Waals surface area contributed by atoms with Gasteiger partial charge in [-0.3, -0.25) is 14.9 Å². The van der Waals surface area contributed by atoms with Crippen LogP contribution in [0.25, 0.3) is 0 Å². The van der Waals surface area contributed by atoms with Crippen LogP contribution in [0.3, 0.4) is 0 Å². The Balaban J connectivity index is 2.20. The number of anilines is 1. The molecular formula is C10H14N4O3. The van der Waals surface area contributed by atoms with Gasteiger partial charge in [0.2, 0.25) is 0 Å². The van der Waals surface area contributed by atoms with E-state index < -0.39 is 16.2 Å². The molecule has 1 aliphatic heterocycles. The second kappa shape index (κ2) is 4.54. The van der Waals surface area contributed by atoms with Gasteiger partial charge in [0.25, 0.3) is 0 Å². The minimum atomic E-state index is -0.674. The summed E-state index contributed by atoms with van der Waals surface area (Å²) in [5, 5.41) is 10.5. The van der Waals surface area contributed by atoms with Crippen molar-refractivity contribution in [1.29, 1.82) is 0 Å². The third-order valence-corrected chi connectivity index (χ3v) is 2.91. The van der Waals surface area contributed by atoms with Gasteiger partial charge in [-0.15, -0.1) is 0 Å². The van der Waals surface area contributed by atoms with Gasteiger partial charge in [0.15, 0.2) is 0 Å². The number of piperazine rings is 1. The van der Waals surface area contributed by atoms with E-state index in [1.807, 2.05) is 11.9 Å². The van der Waals surface area contributed by atoms with Crippen molar-refractivity contribution in [2.24, 2.45) is 0 Å². The lowest BCUT2D eigenvalue weighted by atomic mass is 10.3. The van der Waals surface area contributed by atoms with Gasteiger partial charge in [-0.1, -0.05) is 0 Å². The fourth-order valence-electron chi connectivity index (χ4n) is 1.83. The van der Waals surface area contributed by atoms with Crippen LogP contribution in [0, 0.1) is 10.1 Å². The molecule has 0 radical (unpaired) electrons. The third-order valence-electron chi connectivity index (χ3n) is 2.91. The Hall–Kier alpha value is -1.89. The third kappa shape index (κ3) is 2.44. The Bertz CT molecular complexity index is 477. The van der Waals surface area contributed by atoms with Gasteiger partial charge in [-0.05, 0) is 13.1 Å². The molecule has 2 heterocycles. The summed E-state index contributed by atoms with van der Waals surface area (Å²) < 4.78 is 0. The molecule has 0 saturated carbocycles. The zero-order valence-corrected chi connectivity index (χ0v) is 9.55. The number of hydrogen-bond donors (Lipinski definition) is 1. The molecule has 0 spiro atoms. The molecule has 17 heavy (non-hydrogen) atoms. The van der Waals surface area contributed by atoms with Crippen LogP contribution in [0.4, 0.5) is 11.5 Å².